The third-order valence-corrected chi connectivity index (χ3v) is 5.22. The van der Waals surface area contributed by atoms with Crippen molar-refractivity contribution in [1.29, 1.82) is 0 Å². The van der Waals surface area contributed by atoms with Crippen LogP contribution in [0.15, 0.2) is 48.5 Å². The molecule has 0 saturated carbocycles. The standard InChI is InChI=1S/C21H23N3O2/c25-20(24-13-3-4-14-24)16-7-10-17(11-8-16)22-21(26)23-19-12-9-15-5-1-2-6-18(15)19/h1-2,5-8,10-11,19H,3-4,9,12-14H2,(H2,22,23,26)/t19-/m0/s1. The van der Waals surface area contributed by atoms with E-state index < -0.39 is 0 Å². The summed E-state index contributed by atoms with van der Waals surface area (Å²) < 4.78 is 0. The Balaban J connectivity index is 1.35. The van der Waals surface area contributed by atoms with Gasteiger partial charge in [-0.15, -0.1) is 0 Å². The number of carbonyl (C=O) groups excluding carboxylic acids is 2. The van der Waals surface area contributed by atoms with Crippen LogP contribution in [0.3, 0.4) is 0 Å². The zero-order valence-electron chi connectivity index (χ0n) is 14.7. The molecule has 1 aliphatic heterocycles. The Hall–Kier alpha value is -2.82. The van der Waals surface area contributed by atoms with E-state index in [9.17, 15) is 9.59 Å². The summed E-state index contributed by atoms with van der Waals surface area (Å²) in [5, 5.41) is 5.90. The molecule has 0 spiro atoms. The van der Waals surface area contributed by atoms with Gasteiger partial charge in [0.1, 0.15) is 0 Å². The molecule has 1 aliphatic carbocycles. The number of rotatable bonds is 3. The van der Waals surface area contributed by atoms with Crippen molar-refractivity contribution in [3.8, 4) is 0 Å². The number of anilines is 1. The number of urea groups is 1. The Morgan fingerprint density at radius 2 is 1.69 bits per heavy atom. The van der Waals surface area contributed by atoms with Crippen molar-refractivity contribution in [2.75, 3.05) is 18.4 Å². The van der Waals surface area contributed by atoms with Gasteiger partial charge < -0.3 is 15.5 Å². The normalized spacial score (nSPS) is 18.5. The first-order valence-electron chi connectivity index (χ1n) is 9.25. The van der Waals surface area contributed by atoms with Crippen molar-refractivity contribution in [2.45, 2.75) is 31.7 Å². The molecule has 1 heterocycles. The van der Waals surface area contributed by atoms with E-state index in [0.717, 1.165) is 38.8 Å². The molecule has 1 fully saturated rings. The average molecular weight is 349 g/mol. The van der Waals surface area contributed by atoms with Crippen molar-refractivity contribution in [3.63, 3.8) is 0 Å². The Labute approximate surface area is 153 Å². The zero-order valence-corrected chi connectivity index (χ0v) is 14.7. The number of carbonyl (C=O) groups is 2. The first kappa shape index (κ1) is 16.6. The number of amides is 3. The first-order valence-corrected chi connectivity index (χ1v) is 9.25. The molecule has 0 aromatic heterocycles. The molecule has 26 heavy (non-hydrogen) atoms. The Bertz CT molecular complexity index is 810. The van der Waals surface area contributed by atoms with Crippen LogP contribution in [0.5, 0.6) is 0 Å². The first-order chi connectivity index (χ1) is 12.7. The van der Waals surface area contributed by atoms with E-state index in [4.69, 9.17) is 0 Å². The zero-order chi connectivity index (χ0) is 17.9. The van der Waals surface area contributed by atoms with E-state index in [1.54, 1.807) is 24.3 Å². The van der Waals surface area contributed by atoms with Gasteiger partial charge in [-0.1, -0.05) is 24.3 Å². The summed E-state index contributed by atoms with van der Waals surface area (Å²) >= 11 is 0. The molecule has 5 heteroatoms. The van der Waals surface area contributed by atoms with Gasteiger partial charge in [0.2, 0.25) is 0 Å². The third-order valence-electron chi connectivity index (χ3n) is 5.22. The monoisotopic (exact) mass is 349 g/mol. The summed E-state index contributed by atoms with van der Waals surface area (Å²) in [5.41, 5.74) is 3.87. The second-order valence-corrected chi connectivity index (χ2v) is 6.97. The average Bonchev–Trinajstić information content (AvgIpc) is 3.32. The maximum Gasteiger partial charge on any atom is 0.319 e. The van der Waals surface area contributed by atoms with E-state index in [0.29, 0.717) is 11.3 Å². The topological polar surface area (TPSA) is 61.4 Å². The maximum atomic E-state index is 12.4. The molecule has 2 N–H and O–H groups in total. The molecule has 134 valence electrons. The van der Waals surface area contributed by atoms with Crippen LogP contribution in [0.2, 0.25) is 0 Å². The van der Waals surface area contributed by atoms with E-state index in [2.05, 4.69) is 22.8 Å². The summed E-state index contributed by atoms with van der Waals surface area (Å²) in [4.78, 5) is 26.5. The fraction of sp³-hybridized carbons (Fsp3) is 0.333. The highest BCUT2D eigenvalue weighted by Gasteiger charge is 2.23. The number of fused-ring (bicyclic) bond motifs is 1. The molecule has 2 aliphatic rings. The highest BCUT2D eigenvalue weighted by atomic mass is 16.2. The van der Waals surface area contributed by atoms with Crippen LogP contribution < -0.4 is 10.6 Å². The fourth-order valence-electron chi connectivity index (χ4n) is 3.83. The number of likely N-dealkylation sites (tertiary alicyclic amines) is 1. The third kappa shape index (κ3) is 3.43. The molecular weight excluding hydrogens is 326 g/mol. The molecule has 1 atom stereocenters. The molecule has 3 amide bonds. The summed E-state index contributed by atoms with van der Waals surface area (Å²) in [7, 11) is 0. The lowest BCUT2D eigenvalue weighted by molar-refractivity contribution is 0.0793. The second-order valence-electron chi connectivity index (χ2n) is 6.97. The highest BCUT2D eigenvalue weighted by Crippen LogP contribution is 2.30. The SMILES string of the molecule is O=C(Nc1ccc(C(=O)N2CCCC2)cc1)N[C@H]1CCc2ccccc21. The highest BCUT2D eigenvalue weighted by molar-refractivity contribution is 5.95. The van der Waals surface area contributed by atoms with Gasteiger partial charge in [-0.2, -0.15) is 0 Å². The molecular formula is C21H23N3O2. The van der Waals surface area contributed by atoms with E-state index in [-0.39, 0.29) is 18.0 Å². The van der Waals surface area contributed by atoms with E-state index >= 15 is 0 Å². The van der Waals surface area contributed by atoms with Gasteiger partial charge in [0.15, 0.2) is 0 Å². The van der Waals surface area contributed by atoms with Crippen LogP contribution in [0, 0.1) is 0 Å². The minimum Gasteiger partial charge on any atom is -0.339 e. The van der Waals surface area contributed by atoms with Crippen LogP contribution >= 0.6 is 0 Å². The largest absolute Gasteiger partial charge is 0.339 e. The second kappa shape index (κ2) is 7.20. The minimum absolute atomic E-state index is 0.0576. The summed E-state index contributed by atoms with van der Waals surface area (Å²) in [6, 6.07) is 15.2. The lowest BCUT2D eigenvalue weighted by Gasteiger charge is -2.16. The lowest BCUT2D eigenvalue weighted by atomic mass is 10.1. The predicted molar refractivity (Wildman–Crippen MR) is 101 cm³/mol. The van der Waals surface area contributed by atoms with Crippen LogP contribution in [0.25, 0.3) is 0 Å². The van der Waals surface area contributed by atoms with Crippen molar-refractivity contribution in [1.82, 2.24) is 10.2 Å². The number of hydrogen-bond acceptors (Lipinski definition) is 2. The van der Waals surface area contributed by atoms with Gasteiger partial charge in [-0.25, -0.2) is 4.79 Å². The molecule has 5 nitrogen and oxygen atoms in total. The Kier molecular flexibility index (Phi) is 4.61. The van der Waals surface area contributed by atoms with Crippen LogP contribution in [0.4, 0.5) is 10.5 Å². The van der Waals surface area contributed by atoms with Crippen molar-refractivity contribution in [3.05, 3.63) is 65.2 Å². The molecule has 2 aromatic rings. The van der Waals surface area contributed by atoms with Crippen LogP contribution in [0.1, 0.15) is 46.8 Å². The van der Waals surface area contributed by atoms with Crippen molar-refractivity contribution >= 4 is 17.6 Å². The van der Waals surface area contributed by atoms with Gasteiger partial charge in [-0.05, 0) is 61.1 Å². The van der Waals surface area contributed by atoms with Crippen molar-refractivity contribution in [2.24, 2.45) is 0 Å². The summed E-state index contributed by atoms with van der Waals surface area (Å²) in [5.74, 6) is 0.0704. The number of benzene rings is 2. The van der Waals surface area contributed by atoms with Gasteiger partial charge in [-0.3, -0.25) is 4.79 Å². The molecule has 0 radical (unpaired) electrons. The minimum atomic E-state index is -0.217. The number of aryl methyl sites for hydroxylation is 1. The number of hydrogen-bond donors (Lipinski definition) is 2. The number of nitrogens with zero attached hydrogens (tertiary/aromatic N) is 1. The quantitative estimate of drug-likeness (QED) is 0.887. The predicted octanol–water partition coefficient (Wildman–Crippen LogP) is 3.73. The Morgan fingerprint density at radius 3 is 2.46 bits per heavy atom. The number of nitrogens with one attached hydrogen (secondary N) is 2. The Morgan fingerprint density at radius 1 is 0.962 bits per heavy atom. The van der Waals surface area contributed by atoms with Gasteiger partial charge in [0, 0.05) is 24.3 Å². The molecule has 1 saturated heterocycles. The van der Waals surface area contributed by atoms with Crippen molar-refractivity contribution < 1.29 is 9.59 Å². The lowest BCUT2D eigenvalue weighted by Crippen LogP contribution is -2.31. The van der Waals surface area contributed by atoms with Gasteiger partial charge in [0.25, 0.3) is 5.91 Å². The van der Waals surface area contributed by atoms with E-state index in [1.165, 1.54) is 11.1 Å². The fourth-order valence-corrected chi connectivity index (χ4v) is 3.83. The van der Waals surface area contributed by atoms with Crippen LogP contribution in [-0.4, -0.2) is 29.9 Å². The molecule has 0 bridgehead atoms. The summed E-state index contributed by atoms with van der Waals surface area (Å²) in [6.07, 6.45) is 4.08. The van der Waals surface area contributed by atoms with Gasteiger partial charge >= 0.3 is 6.03 Å². The maximum absolute atomic E-state index is 12.4. The molecule has 4 rings (SSSR count). The van der Waals surface area contributed by atoms with E-state index in [1.807, 2.05) is 17.0 Å². The smallest absolute Gasteiger partial charge is 0.319 e. The van der Waals surface area contributed by atoms with Gasteiger partial charge in [0.05, 0.1) is 6.04 Å². The van der Waals surface area contributed by atoms with Crippen LogP contribution in [-0.2, 0) is 6.42 Å². The molecule has 0 unspecified atom stereocenters. The summed E-state index contributed by atoms with van der Waals surface area (Å²) in [6.45, 7) is 1.67. The molecule has 2 aromatic carbocycles.